The number of rotatable bonds is 4. The molecule has 5 rings (SSSR count). The first kappa shape index (κ1) is 18.8. The van der Waals surface area contributed by atoms with Gasteiger partial charge in [-0.15, -0.1) is 10.2 Å². The molecular formula is C25H20N4O2. The third-order valence-electron chi connectivity index (χ3n) is 5.26. The third kappa shape index (κ3) is 3.71. The molecule has 3 aromatic carbocycles. The Labute approximate surface area is 179 Å². The van der Waals surface area contributed by atoms with Gasteiger partial charge in [0.25, 0.3) is 0 Å². The lowest BCUT2D eigenvalue weighted by molar-refractivity contribution is 0.241. The molecule has 2 heterocycles. The number of carbonyl (C=O) groups is 1. The number of amides is 2. The first-order valence-electron chi connectivity index (χ1n) is 10.0. The highest BCUT2D eigenvalue weighted by Gasteiger charge is 2.28. The van der Waals surface area contributed by atoms with Gasteiger partial charge in [0.15, 0.2) is 0 Å². The van der Waals surface area contributed by atoms with Gasteiger partial charge in [-0.3, -0.25) is 0 Å². The van der Waals surface area contributed by atoms with Crippen LogP contribution >= 0.6 is 0 Å². The predicted molar refractivity (Wildman–Crippen MR) is 121 cm³/mol. The molecule has 6 heteroatoms. The van der Waals surface area contributed by atoms with Crippen LogP contribution in [0.4, 0.5) is 4.79 Å². The van der Waals surface area contributed by atoms with Gasteiger partial charge in [0.1, 0.15) is 0 Å². The lowest BCUT2D eigenvalue weighted by Crippen LogP contribution is -2.46. The molecule has 31 heavy (non-hydrogen) atoms. The first-order valence-corrected chi connectivity index (χ1v) is 10.0. The summed E-state index contributed by atoms with van der Waals surface area (Å²) in [6, 6.07) is 23.3. The minimum atomic E-state index is -0.394. The Hall–Kier alpha value is -4.19. The molecule has 0 saturated heterocycles. The highest BCUT2D eigenvalue weighted by molar-refractivity contribution is 5.95. The minimum Gasteiger partial charge on any atom is -0.416 e. The van der Waals surface area contributed by atoms with Crippen molar-refractivity contribution < 1.29 is 9.21 Å². The molecule has 1 aliphatic rings. The summed E-state index contributed by atoms with van der Waals surface area (Å²) in [5, 5.41) is 16.5. The zero-order valence-corrected chi connectivity index (χ0v) is 16.9. The van der Waals surface area contributed by atoms with Gasteiger partial charge in [-0.05, 0) is 29.3 Å². The van der Waals surface area contributed by atoms with Crippen LogP contribution in [0.3, 0.4) is 0 Å². The smallest absolute Gasteiger partial charge is 0.319 e. The van der Waals surface area contributed by atoms with Crippen molar-refractivity contribution in [2.24, 2.45) is 0 Å². The predicted octanol–water partition coefficient (Wildman–Crippen LogP) is 5.02. The zero-order valence-electron chi connectivity index (χ0n) is 16.9. The topological polar surface area (TPSA) is 80.1 Å². The zero-order chi connectivity index (χ0) is 21.2. The number of nitrogens with one attached hydrogen (secondary N) is 2. The van der Waals surface area contributed by atoms with E-state index in [0.29, 0.717) is 17.5 Å². The molecule has 152 valence electrons. The molecule has 1 aliphatic heterocycles. The summed E-state index contributed by atoms with van der Waals surface area (Å²) >= 11 is 0. The molecule has 0 saturated carbocycles. The van der Waals surface area contributed by atoms with Crippen molar-refractivity contribution in [3.63, 3.8) is 0 Å². The van der Waals surface area contributed by atoms with Crippen LogP contribution in [0.25, 0.3) is 33.9 Å². The van der Waals surface area contributed by atoms with Crippen LogP contribution in [0.1, 0.15) is 18.4 Å². The Kier molecular flexibility index (Phi) is 4.80. The standard InChI is InChI=1S/C25H20N4O2/c1-16-22(21(27-25(30)26-16)15-14-17-8-3-2-4-9-17)24-29-28-23(31-24)20-13-7-11-18-10-5-6-12-19(18)20/h2-15,21H,1H3,(H2,26,27,30)/b15-14+. The number of hydrogen-bond donors (Lipinski definition) is 2. The van der Waals surface area contributed by atoms with Crippen molar-refractivity contribution in [2.75, 3.05) is 0 Å². The molecule has 0 radical (unpaired) electrons. The second-order valence-electron chi connectivity index (χ2n) is 7.32. The molecular weight excluding hydrogens is 388 g/mol. The van der Waals surface area contributed by atoms with Crippen LogP contribution in [0, 0.1) is 0 Å². The molecule has 6 nitrogen and oxygen atoms in total. The van der Waals surface area contributed by atoms with E-state index in [0.717, 1.165) is 27.5 Å². The first-order chi connectivity index (χ1) is 15.2. The molecule has 1 atom stereocenters. The van der Waals surface area contributed by atoms with Crippen molar-refractivity contribution in [1.29, 1.82) is 0 Å². The summed E-state index contributed by atoms with van der Waals surface area (Å²) in [6.07, 6.45) is 3.89. The van der Waals surface area contributed by atoms with Crippen LogP contribution in [0.5, 0.6) is 0 Å². The maximum Gasteiger partial charge on any atom is 0.319 e. The average Bonchev–Trinajstić information content (AvgIpc) is 3.27. The van der Waals surface area contributed by atoms with Gasteiger partial charge in [0, 0.05) is 11.3 Å². The molecule has 1 unspecified atom stereocenters. The van der Waals surface area contributed by atoms with Gasteiger partial charge < -0.3 is 15.1 Å². The average molecular weight is 408 g/mol. The minimum absolute atomic E-state index is 0.266. The third-order valence-corrected chi connectivity index (χ3v) is 5.26. The molecule has 4 aromatic rings. The number of allylic oxidation sites excluding steroid dienone is 1. The lowest BCUT2D eigenvalue weighted by Gasteiger charge is -2.24. The van der Waals surface area contributed by atoms with Crippen LogP contribution in [-0.2, 0) is 0 Å². The van der Waals surface area contributed by atoms with Crippen molar-refractivity contribution in [2.45, 2.75) is 13.0 Å². The Balaban J connectivity index is 1.53. The monoisotopic (exact) mass is 408 g/mol. The number of nitrogens with zero attached hydrogens (tertiary/aromatic N) is 2. The number of urea groups is 1. The van der Waals surface area contributed by atoms with Crippen LogP contribution in [-0.4, -0.2) is 22.3 Å². The van der Waals surface area contributed by atoms with E-state index in [4.69, 9.17) is 4.42 Å². The lowest BCUT2D eigenvalue weighted by atomic mass is 10.0. The molecule has 1 aromatic heterocycles. The van der Waals surface area contributed by atoms with Crippen molar-refractivity contribution >= 4 is 28.5 Å². The highest BCUT2D eigenvalue weighted by Crippen LogP contribution is 2.31. The van der Waals surface area contributed by atoms with Crippen LogP contribution in [0.2, 0.25) is 0 Å². The molecule has 0 bridgehead atoms. The number of hydrogen-bond acceptors (Lipinski definition) is 4. The summed E-state index contributed by atoms with van der Waals surface area (Å²) in [4.78, 5) is 12.1. The summed E-state index contributed by atoms with van der Waals surface area (Å²) in [7, 11) is 0. The van der Waals surface area contributed by atoms with E-state index in [9.17, 15) is 4.79 Å². The normalized spacial score (nSPS) is 16.5. The number of benzene rings is 3. The van der Waals surface area contributed by atoms with Gasteiger partial charge in [-0.25, -0.2) is 4.79 Å². The molecule has 2 amide bonds. The maximum atomic E-state index is 12.1. The largest absolute Gasteiger partial charge is 0.416 e. The van der Waals surface area contributed by atoms with Crippen molar-refractivity contribution in [1.82, 2.24) is 20.8 Å². The molecule has 0 aliphatic carbocycles. The fourth-order valence-corrected chi connectivity index (χ4v) is 3.78. The molecule has 0 fully saturated rings. The fourth-order valence-electron chi connectivity index (χ4n) is 3.78. The fraction of sp³-hybridized carbons (Fsp3) is 0.0800. The van der Waals surface area contributed by atoms with Gasteiger partial charge >= 0.3 is 6.03 Å². The summed E-state index contributed by atoms with van der Waals surface area (Å²) in [6.45, 7) is 1.83. The second kappa shape index (κ2) is 7.91. The Morgan fingerprint density at radius 2 is 1.65 bits per heavy atom. The summed E-state index contributed by atoms with van der Waals surface area (Å²) < 4.78 is 6.10. The SMILES string of the molecule is CC1=C(c2nnc(-c3cccc4ccccc34)o2)C(/C=C/c2ccccc2)NC(=O)N1. The van der Waals surface area contributed by atoms with Crippen molar-refractivity contribution in [3.8, 4) is 11.5 Å². The van der Waals surface area contributed by atoms with E-state index in [1.54, 1.807) is 0 Å². The highest BCUT2D eigenvalue weighted by atomic mass is 16.4. The molecule has 0 spiro atoms. The maximum absolute atomic E-state index is 12.1. The van der Waals surface area contributed by atoms with Gasteiger partial charge in [0.05, 0.1) is 11.6 Å². The number of carbonyl (C=O) groups excluding carboxylic acids is 1. The van der Waals surface area contributed by atoms with Gasteiger partial charge in [0.2, 0.25) is 11.8 Å². The van der Waals surface area contributed by atoms with E-state index < -0.39 is 6.04 Å². The van der Waals surface area contributed by atoms with E-state index in [1.165, 1.54) is 0 Å². The van der Waals surface area contributed by atoms with E-state index in [1.807, 2.05) is 91.9 Å². The van der Waals surface area contributed by atoms with Crippen LogP contribution < -0.4 is 10.6 Å². The van der Waals surface area contributed by atoms with E-state index in [2.05, 4.69) is 20.8 Å². The van der Waals surface area contributed by atoms with Crippen LogP contribution in [0.15, 0.2) is 89.0 Å². The van der Waals surface area contributed by atoms with Gasteiger partial charge in [-0.2, -0.15) is 0 Å². The van der Waals surface area contributed by atoms with E-state index >= 15 is 0 Å². The summed E-state index contributed by atoms with van der Waals surface area (Å²) in [5.74, 6) is 0.811. The summed E-state index contributed by atoms with van der Waals surface area (Å²) in [5.41, 5.74) is 3.33. The Bertz CT molecular complexity index is 1320. The van der Waals surface area contributed by atoms with Gasteiger partial charge in [-0.1, -0.05) is 78.9 Å². The molecule has 2 N–H and O–H groups in total. The van der Waals surface area contributed by atoms with E-state index in [-0.39, 0.29) is 6.03 Å². The number of fused-ring (bicyclic) bond motifs is 1. The Morgan fingerprint density at radius 3 is 2.52 bits per heavy atom. The Morgan fingerprint density at radius 1 is 0.903 bits per heavy atom. The van der Waals surface area contributed by atoms with Crippen molar-refractivity contribution in [3.05, 3.63) is 96.0 Å². The second-order valence-corrected chi connectivity index (χ2v) is 7.32. The quantitative estimate of drug-likeness (QED) is 0.497. The number of aromatic nitrogens is 2.